The SMILES string of the molecule is CCC(=O)Nc1nnc(S[C@@H](C)C(=O)Nc2c(C)cc(C)cc2C)s1. The van der Waals surface area contributed by atoms with Gasteiger partial charge in [-0.15, -0.1) is 10.2 Å². The first kappa shape index (κ1) is 19.4. The summed E-state index contributed by atoms with van der Waals surface area (Å²) in [6.07, 6.45) is 0.385. The van der Waals surface area contributed by atoms with Gasteiger partial charge in [-0.3, -0.25) is 9.59 Å². The Balaban J connectivity index is 2.00. The molecule has 6 nitrogen and oxygen atoms in total. The van der Waals surface area contributed by atoms with Crippen LogP contribution in [0.5, 0.6) is 0 Å². The second-order valence-corrected chi connectivity index (χ2v) is 8.36. The molecule has 0 aliphatic rings. The number of hydrogen-bond acceptors (Lipinski definition) is 6. The predicted octanol–water partition coefficient (Wildman–Crippen LogP) is 3.93. The lowest BCUT2D eigenvalue weighted by Gasteiger charge is -2.15. The standard InChI is InChI=1S/C17H22N4O2S2/c1-6-13(22)18-16-20-21-17(25-16)24-12(5)15(23)19-14-10(3)7-9(2)8-11(14)4/h7-8,12H,6H2,1-5H3,(H,19,23)(H,18,20,22)/t12-/m0/s1. The van der Waals surface area contributed by atoms with E-state index in [0.29, 0.717) is 15.9 Å². The van der Waals surface area contributed by atoms with E-state index in [1.54, 1.807) is 6.92 Å². The number of anilines is 2. The van der Waals surface area contributed by atoms with Crippen LogP contribution in [0, 0.1) is 20.8 Å². The van der Waals surface area contributed by atoms with Crippen LogP contribution in [-0.2, 0) is 9.59 Å². The van der Waals surface area contributed by atoms with Gasteiger partial charge in [0.2, 0.25) is 16.9 Å². The number of hydrogen-bond donors (Lipinski definition) is 2. The maximum Gasteiger partial charge on any atom is 0.237 e. The van der Waals surface area contributed by atoms with Crippen molar-refractivity contribution in [1.82, 2.24) is 10.2 Å². The third kappa shape index (κ3) is 5.27. The third-order valence-electron chi connectivity index (χ3n) is 3.55. The highest BCUT2D eigenvalue weighted by atomic mass is 32.2. The van der Waals surface area contributed by atoms with Gasteiger partial charge in [-0.2, -0.15) is 0 Å². The fourth-order valence-corrected chi connectivity index (χ4v) is 4.23. The molecule has 134 valence electrons. The molecule has 0 aliphatic heterocycles. The topological polar surface area (TPSA) is 84.0 Å². The van der Waals surface area contributed by atoms with Crippen LogP contribution >= 0.6 is 23.1 Å². The fourth-order valence-electron chi connectivity index (χ4n) is 2.32. The van der Waals surface area contributed by atoms with E-state index < -0.39 is 0 Å². The molecule has 1 aromatic carbocycles. The van der Waals surface area contributed by atoms with Crippen LogP contribution in [0.1, 0.15) is 37.0 Å². The maximum atomic E-state index is 12.5. The van der Waals surface area contributed by atoms with Crippen molar-refractivity contribution in [3.05, 3.63) is 28.8 Å². The lowest BCUT2D eigenvalue weighted by molar-refractivity contribution is -0.116. The smallest absolute Gasteiger partial charge is 0.237 e. The lowest BCUT2D eigenvalue weighted by atomic mass is 10.1. The molecule has 2 rings (SSSR count). The van der Waals surface area contributed by atoms with Crippen molar-refractivity contribution in [1.29, 1.82) is 0 Å². The van der Waals surface area contributed by atoms with E-state index in [2.05, 4.69) is 20.8 Å². The Morgan fingerprint density at radius 1 is 1.16 bits per heavy atom. The zero-order chi connectivity index (χ0) is 18.6. The Hall–Kier alpha value is -1.93. The van der Waals surface area contributed by atoms with E-state index in [1.165, 1.54) is 28.7 Å². The largest absolute Gasteiger partial charge is 0.325 e. The number of nitrogens with one attached hydrogen (secondary N) is 2. The summed E-state index contributed by atoms with van der Waals surface area (Å²) in [4.78, 5) is 23.9. The molecule has 0 radical (unpaired) electrons. The summed E-state index contributed by atoms with van der Waals surface area (Å²) in [5.41, 5.74) is 4.12. The van der Waals surface area contributed by atoms with Gasteiger partial charge in [0, 0.05) is 12.1 Å². The quantitative estimate of drug-likeness (QED) is 0.588. The van der Waals surface area contributed by atoms with Gasteiger partial charge < -0.3 is 10.6 Å². The van der Waals surface area contributed by atoms with Gasteiger partial charge in [-0.05, 0) is 38.8 Å². The monoisotopic (exact) mass is 378 g/mol. The third-order valence-corrected chi connectivity index (χ3v) is 5.57. The number of aryl methyl sites for hydroxylation is 3. The molecule has 2 amide bonds. The summed E-state index contributed by atoms with van der Waals surface area (Å²) >= 11 is 2.59. The Morgan fingerprint density at radius 2 is 1.80 bits per heavy atom. The van der Waals surface area contributed by atoms with Crippen molar-refractivity contribution in [2.45, 2.75) is 50.6 Å². The number of nitrogens with zero attached hydrogens (tertiary/aromatic N) is 2. The average molecular weight is 379 g/mol. The van der Waals surface area contributed by atoms with Crippen LogP contribution in [0.25, 0.3) is 0 Å². The summed E-state index contributed by atoms with van der Waals surface area (Å²) in [7, 11) is 0. The van der Waals surface area contributed by atoms with Crippen molar-refractivity contribution < 1.29 is 9.59 Å². The highest BCUT2D eigenvalue weighted by Gasteiger charge is 2.19. The number of thioether (sulfide) groups is 1. The van der Waals surface area contributed by atoms with Crippen LogP contribution in [-0.4, -0.2) is 27.3 Å². The molecule has 2 aromatic rings. The number of aromatic nitrogens is 2. The number of rotatable bonds is 6. The van der Waals surface area contributed by atoms with Crippen molar-refractivity contribution in [3.63, 3.8) is 0 Å². The van der Waals surface area contributed by atoms with Crippen LogP contribution in [0.2, 0.25) is 0 Å². The highest BCUT2D eigenvalue weighted by Crippen LogP contribution is 2.30. The van der Waals surface area contributed by atoms with Gasteiger partial charge in [0.25, 0.3) is 0 Å². The van der Waals surface area contributed by atoms with E-state index in [4.69, 9.17) is 0 Å². The van der Waals surface area contributed by atoms with E-state index in [1.807, 2.05) is 39.8 Å². The molecule has 1 atom stereocenters. The normalized spacial score (nSPS) is 11.9. The van der Waals surface area contributed by atoms with Crippen molar-refractivity contribution in [3.8, 4) is 0 Å². The Morgan fingerprint density at radius 3 is 2.40 bits per heavy atom. The molecule has 1 heterocycles. The van der Waals surface area contributed by atoms with Gasteiger partial charge in [-0.1, -0.05) is 47.7 Å². The molecule has 0 bridgehead atoms. The zero-order valence-corrected chi connectivity index (χ0v) is 16.6. The van der Waals surface area contributed by atoms with Crippen LogP contribution in [0.3, 0.4) is 0 Å². The Bertz CT molecular complexity index is 766. The Labute approximate surface area is 155 Å². The zero-order valence-electron chi connectivity index (χ0n) is 15.0. The summed E-state index contributed by atoms with van der Waals surface area (Å²) in [6, 6.07) is 4.10. The van der Waals surface area contributed by atoms with Crippen LogP contribution < -0.4 is 10.6 Å². The highest BCUT2D eigenvalue weighted by molar-refractivity contribution is 8.02. The van der Waals surface area contributed by atoms with E-state index in [9.17, 15) is 9.59 Å². The molecular weight excluding hydrogens is 356 g/mol. The van der Waals surface area contributed by atoms with Gasteiger partial charge in [0.15, 0.2) is 4.34 Å². The molecule has 0 unspecified atom stereocenters. The fraction of sp³-hybridized carbons (Fsp3) is 0.412. The second-order valence-electron chi connectivity index (χ2n) is 5.80. The van der Waals surface area contributed by atoms with Crippen LogP contribution in [0.4, 0.5) is 10.8 Å². The van der Waals surface area contributed by atoms with Gasteiger partial charge in [0.05, 0.1) is 5.25 Å². The minimum Gasteiger partial charge on any atom is -0.325 e. The summed E-state index contributed by atoms with van der Waals surface area (Å²) in [5.74, 6) is -0.196. The molecular formula is C17H22N4O2S2. The first-order chi connectivity index (χ1) is 11.8. The molecule has 2 N–H and O–H groups in total. The number of benzene rings is 1. The predicted molar refractivity (Wildman–Crippen MR) is 103 cm³/mol. The molecule has 25 heavy (non-hydrogen) atoms. The van der Waals surface area contributed by atoms with Gasteiger partial charge >= 0.3 is 0 Å². The van der Waals surface area contributed by atoms with Crippen molar-refractivity contribution in [2.75, 3.05) is 10.6 Å². The lowest BCUT2D eigenvalue weighted by Crippen LogP contribution is -2.23. The number of carbonyl (C=O) groups is 2. The van der Waals surface area contributed by atoms with E-state index in [-0.39, 0.29) is 17.1 Å². The molecule has 0 saturated carbocycles. The average Bonchev–Trinajstić information content (AvgIpc) is 2.97. The minimum atomic E-state index is -0.331. The number of amides is 2. The molecule has 0 fully saturated rings. The van der Waals surface area contributed by atoms with E-state index >= 15 is 0 Å². The maximum absolute atomic E-state index is 12.5. The molecule has 0 spiro atoms. The second kappa shape index (κ2) is 8.44. The van der Waals surface area contributed by atoms with Crippen molar-refractivity contribution >= 4 is 45.7 Å². The summed E-state index contributed by atoms with van der Waals surface area (Å²) in [5, 5.41) is 13.7. The van der Waals surface area contributed by atoms with Gasteiger partial charge in [0.1, 0.15) is 0 Å². The van der Waals surface area contributed by atoms with E-state index in [0.717, 1.165) is 16.8 Å². The van der Waals surface area contributed by atoms with Crippen LogP contribution in [0.15, 0.2) is 16.5 Å². The first-order valence-electron chi connectivity index (χ1n) is 7.98. The molecule has 8 heteroatoms. The molecule has 0 aliphatic carbocycles. The van der Waals surface area contributed by atoms with Gasteiger partial charge in [-0.25, -0.2) is 0 Å². The summed E-state index contributed by atoms with van der Waals surface area (Å²) < 4.78 is 0.645. The van der Waals surface area contributed by atoms with Crippen molar-refractivity contribution in [2.24, 2.45) is 0 Å². The summed E-state index contributed by atoms with van der Waals surface area (Å²) in [6.45, 7) is 9.61. The Kier molecular flexibility index (Phi) is 6.55. The molecule has 1 aromatic heterocycles. The molecule has 0 saturated heterocycles. The number of carbonyl (C=O) groups excluding carboxylic acids is 2. The minimum absolute atomic E-state index is 0.0885. The first-order valence-corrected chi connectivity index (χ1v) is 9.68.